The smallest absolute Gasteiger partial charge is 0.230 e. The summed E-state index contributed by atoms with van der Waals surface area (Å²) in [5.41, 5.74) is 7.76. The molecule has 0 aliphatic carbocycles. The molecule has 0 fully saturated rings. The van der Waals surface area contributed by atoms with E-state index >= 15 is 0 Å². The molecule has 0 saturated heterocycles. The van der Waals surface area contributed by atoms with Crippen LogP contribution in [0, 0.1) is 5.82 Å². The topological polar surface area (TPSA) is 52.0 Å². The molecule has 1 heterocycles. The zero-order valence-corrected chi connectivity index (χ0v) is 10.6. The minimum absolute atomic E-state index is 0.244. The van der Waals surface area contributed by atoms with Crippen LogP contribution in [-0.4, -0.2) is 9.97 Å². The SMILES string of the molecule is NC(=S)c1ccc2oc(-c3ccccc3F)nc2c1. The van der Waals surface area contributed by atoms with E-state index in [2.05, 4.69) is 4.98 Å². The summed E-state index contributed by atoms with van der Waals surface area (Å²) in [6, 6.07) is 11.5. The Morgan fingerprint density at radius 3 is 2.74 bits per heavy atom. The highest BCUT2D eigenvalue weighted by Gasteiger charge is 2.12. The average Bonchev–Trinajstić information content (AvgIpc) is 2.81. The van der Waals surface area contributed by atoms with Gasteiger partial charge in [-0.25, -0.2) is 9.37 Å². The molecule has 5 heteroatoms. The molecule has 3 nitrogen and oxygen atoms in total. The maximum atomic E-state index is 13.7. The number of nitrogens with zero attached hydrogens (tertiary/aromatic N) is 1. The molecule has 0 unspecified atom stereocenters. The van der Waals surface area contributed by atoms with Crippen LogP contribution in [0.1, 0.15) is 5.56 Å². The van der Waals surface area contributed by atoms with E-state index in [-0.39, 0.29) is 16.7 Å². The fourth-order valence-electron chi connectivity index (χ4n) is 1.83. The van der Waals surface area contributed by atoms with E-state index in [0.717, 1.165) is 0 Å². The van der Waals surface area contributed by atoms with Gasteiger partial charge in [-0.15, -0.1) is 0 Å². The molecule has 2 aromatic carbocycles. The molecule has 0 spiro atoms. The number of fused-ring (bicyclic) bond motifs is 1. The Kier molecular flexibility index (Phi) is 2.76. The molecule has 3 aromatic rings. The van der Waals surface area contributed by atoms with E-state index in [9.17, 15) is 4.39 Å². The summed E-state index contributed by atoms with van der Waals surface area (Å²) >= 11 is 4.91. The summed E-state index contributed by atoms with van der Waals surface area (Å²) in [6.07, 6.45) is 0. The van der Waals surface area contributed by atoms with Crippen molar-refractivity contribution in [1.82, 2.24) is 4.98 Å². The number of oxazole rings is 1. The molecule has 0 saturated carbocycles. The van der Waals surface area contributed by atoms with Gasteiger partial charge in [-0.2, -0.15) is 0 Å². The molecule has 0 atom stereocenters. The van der Waals surface area contributed by atoms with Gasteiger partial charge in [0.25, 0.3) is 0 Å². The Morgan fingerprint density at radius 2 is 2.00 bits per heavy atom. The number of aromatic nitrogens is 1. The van der Waals surface area contributed by atoms with Gasteiger partial charge in [0.1, 0.15) is 16.3 Å². The minimum atomic E-state index is -0.372. The fourth-order valence-corrected chi connectivity index (χ4v) is 1.96. The van der Waals surface area contributed by atoms with Crippen molar-refractivity contribution in [2.75, 3.05) is 0 Å². The summed E-state index contributed by atoms with van der Waals surface area (Å²) in [5, 5.41) is 0. The Balaban J connectivity index is 2.17. The zero-order valence-electron chi connectivity index (χ0n) is 9.76. The maximum absolute atomic E-state index is 13.7. The van der Waals surface area contributed by atoms with Gasteiger partial charge in [-0.05, 0) is 30.3 Å². The number of thiocarbonyl (C=S) groups is 1. The second kappa shape index (κ2) is 4.44. The number of nitrogens with two attached hydrogens (primary N) is 1. The van der Waals surface area contributed by atoms with Crippen molar-refractivity contribution in [3.8, 4) is 11.5 Å². The van der Waals surface area contributed by atoms with Crippen LogP contribution >= 0.6 is 12.2 Å². The first-order valence-electron chi connectivity index (χ1n) is 5.60. The normalized spacial score (nSPS) is 10.8. The second-order valence-electron chi connectivity index (χ2n) is 4.05. The van der Waals surface area contributed by atoms with Crippen LogP contribution in [0.2, 0.25) is 0 Å². The van der Waals surface area contributed by atoms with Crippen molar-refractivity contribution in [1.29, 1.82) is 0 Å². The number of hydrogen-bond acceptors (Lipinski definition) is 3. The van der Waals surface area contributed by atoms with Gasteiger partial charge in [0.15, 0.2) is 5.58 Å². The molecule has 0 aliphatic heterocycles. The lowest BCUT2D eigenvalue weighted by molar-refractivity contribution is 0.593. The highest BCUT2D eigenvalue weighted by Crippen LogP contribution is 2.26. The van der Waals surface area contributed by atoms with Crippen molar-refractivity contribution in [3.05, 3.63) is 53.8 Å². The number of benzene rings is 2. The lowest BCUT2D eigenvalue weighted by Crippen LogP contribution is -2.08. The van der Waals surface area contributed by atoms with Crippen molar-refractivity contribution >= 4 is 28.3 Å². The van der Waals surface area contributed by atoms with Crippen LogP contribution in [0.3, 0.4) is 0 Å². The molecule has 0 radical (unpaired) electrons. The molecule has 2 N–H and O–H groups in total. The van der Waals surface area contributed by atoms with E-state index in [4.69, 9.17) is 22.4 Å². The quantitative estimate of drug-likeness (QED) is 0.727. The molecular formula is C14H9FN2OS. The van der Waals surface area contributed by atoms with E-state index < -0.39 is 0 Å². The van der Waals surface area contributed by atoms with Gasteiger partial charge in [0.05, 0.1) is 5.56 Å². The summed E-state index contributed by atoms with van der Waals surface area (Å²) < 4.78 is 19.2. The van der Waals surface area contributed by atoms with Gasteiger partial charge < -0.3 is 10.2 Å². The first-order valence-corrected chi connectivity index (χ1v) is 6.01. The Labute approximate surface area is 113 Å². The molecule has 3 rings (SSSR count). The number of hydrogen-bond donors (Lipinski definition) is 1. The van der Waals surface area contributed by atoms with Crippen LogP contribution in [0.25, 0.3) is 22.6 Å². The Hall–Kier alpha value is -2.27. The molecule has 0 amide bonds. The summed E-state index contributed by atoms with van der Waals surface area (Å²) in [4.78, 5) is 4.55. The summed E-state index contributed by atoms with van der Waals surface area (Å²) in [6.45, 7) is 0. The van der Waals surface area contributed by atoms with Gasteiger partial charge in [0, 0.05) is 5.56 Å². The van der Waals surface area contributed by atoms with E-state index in [1.165, 1.54) is 6.07 Å². The van der Waals surface area contributed by atoms with Crippen molar-refractivity contribution in [2.24, 2.45) is 5.73 Å². The Bertz CT molecular complexity index is 782. The standard InChI is InChI=1S/C14H9FN2OS/c15-10-4-2-1-3-9(10)14-17-11-7-8(13(16)19)5-6-12(11)18-14/h1-7H,(H2,16,19). The molecule has 19 heavy (non-hydrogen) atoms. The fraction of sp³-hybridized carbons (Fsp3) is 0. The van der Waals surface area contributed by atoms with Crippen molar-refractivity contribution in [3.63, 3.8) is 0 Å². The lowest BCUT2D eigenvalue weighted by atomic mass is 10.2. The van der Waals surface area contributed by atoms with Crippen LogP contribution in [0.4, 0.5) is 4.39 Å². The maximum Gasteiger partial charge on any atom is 0.230 e. The van der Waals surface area contributed by atoms with Gasteiger partial charge in [-0.3, -0.25) is 0 Å². The molecule has 0 bridgehead atoms. The van der Waals surface area contributed by atoms with Crippen molar-refractivity contribution < 1.29 is 8.81 Å². The number of halogens is 1. The highest BCUT2D eigenvalue weighted by atomic mass is 32.1. The third-order valence-corrected chi connectivity index (χ3v) is 3.01. The van der Waals surface area contributed by atoms with Gasteiger partial charge in [0.2, 0.25) is 5.89 Å². The van der Waals surface area contributed by atoms with Crippen LogP contribution in [-0.2, 0) is 0 Å². The summed E-state index contributed by atoms with van der Waals surface area (Å²) in [7, 11) is 0. The third kappa shape index (κ3) is 2.08. The third-order valence-electron chi connectivity index (χ3n) is 2.78. The largest absolute Gasteiger partial charge is 0.436 e. The minimum Gasteiger partial charge on any atom is -0.436 e. The predicted octanol–water partition coefficient (Wildman–Crippen LogP) is 3.27. The number of rotatable bonds is 2. The van der Waals surface area contributed by atoms with Gasteiger partial charge in [-0.1, -0.05) is 24.4 Å². The monoisotopic (exact) mass is 272 g/mol. The molecule has 1 aromatic heterocycles. The van der Waals surface area contributed by atoms with Gasteiger partial charge >= 0.3 is 0 Å². The summed E-state index contributed by atoms with van der Waals surface area (Å²) in [5.74, 6) is -0.128. The molecule has 94 valence electrons. The van der Waals surface area contributed by atoms with E-state index in [0.29, 0.717) is 22.2 Å². The van der Waals surface area contributed by atoms with Crippen LogP contribution in [0.5, 0.6) is 0 Å². The Morgan fingerprint density at radius 1 is 1.21 bits per heavy atom. The zero-order chi connectivity index (χ0) is 13.4. The second-order valence-corrected chi connectivity index (χ2v) is 4.49. The van der Waals surface area contributed by atoms with Crippen LogP contribution < -0.4 is 5.73 Å². The molecular weight excluding hydrogens is 263 g/mol. The molecule has 0 aliphatic rings. The predicted molar refractivity (Wildman–Crippen MR) is 75.3 cm³/mol. The van der Waals surface area contributed by atoms with E-state index in [1.807, 2.05) is 0 Å². The lowest BCUT2D eigenvalue weighted by Gasteiger charge is -1.95. The van der Waals surface area contributed by atoms with Crippen LogP contribution in [0.15, 0.2) is 46.9 Å². The van der Waals surface area contributed by atoms with Crippen molar-refractivity contribution in [2.45, 2.75) is 0 Å². The van der Waals surface area contributed by atoms with E-state index in [1.54, 1.807) is 36.4 Å². The first kappa shape index (κ1) is 11.8. The first-order chi connectivity index (χ1) is 9.15. The highest BCUT2D eigenvalue weighted by molar-refractivity contribution is 7.80. The average molecular weight is 272 g/mol.